The third kappa shape index (κ3) is 3.67. The highest BCUT2D eigenvalue weighted by molar-refractivity contribution is 5.58. The maximum absolute atomic E-state index is 11.0. The number of carbonyl (C=O) groups is 1. The maximum Gasteiger partial charge on any atom is 0.126 e. The van der Waals surface area contributed by atoms with Crippen LogP contribution in [0.25, 0.3) is 0 Å². The van der Waals surface area contributed by atoms with E-state index in [2.05, 4.69) is 29.2 Å². The van der Waals surface area contributed by atoms with Gasteiger partial charge in [-0.15, -0.1) is 0 Å². The van der Waals surface area contributed by atoms with Gasteiger partial charge >= 0.3 is 0 Å². The first kappa shape index (κ1) is 12.3. The largest absolute Gasteiger partial charge is 0.303 e. The molecule has 1 fully saturated rings. The molecule has 0 spiro atoms. The minimum absolute atomic E-state index is 0.239. The van der Waals surface area contributed by atoms with Crippen LogP contribution in [0.3, 0.4) is 0 Å². The summed E-state index contributed by atoms with van der Waals surface area (Å²) >= 11 is 0. The van der Waals surface area contributed by atoms with Crippen molar-refractivity contribution in [2.24, 2.45) is 5.41 Å². The van der Waals surface area contributed by atoms with Crippen LogP contribution in [-0.2, 0) is 11.3 Å². The van der Waals surface area contributed by atoms with E-state index in [1.807, 2.05) is 19.9 Å². The zero-order chi connectivity index (χ0) is 12.3. The Morgan fingerprint density at radius 3 is 2.47 bits per heavy atom. The standard InChI is InChI=1S/C15H21NO/c1-15(2,12-17)11-16(14-8-9-14)10-13-6-4-3-5-7-13/h3-7,12,14H,8-11H2,1-2H3. The molecule has 0 heterocycles. The maximum atomic E-state index is 11.0. The van der Waals surface area contributed by atoms with Crippen molar-refractivity contribution < 1.29 is 4.79 Å². The van der Waals surface area contributed by atoms with Crippen LogP contribution < -0.4 is 0 Å². The topological polar surface area (TPSA) is 20.3 Å². The first-order valence-electron chi connectivity index (χ1n) is 6.35. The lowest BCUT2D eigenvalue weighted by atomic mass is 9.95. The second kappa shape index (κ2) is 5.01. The Morgan fingerprint density at radius 1 is 1.29 bits per heavy atom. The number of nitrogens with zero attached hydrogens (tertiary/aromatic N) is 1. The van der Waals surface area contributed by atoms with E-state index in [9.17, 15) is 4.79 Å². The molecule has 0 amide bonds. The lowest BCUT2D eigenvalue weighted by Gasteiger charge is -2.29. The van der Waals surface area contributed by atoms with Gasteiger partial charge in [0.2, 0.25) is 0 Å². The number of rotatable bonds is 6. The molecule has 2 nitrogen and oxygen atoms in total. The van der Waals surface area contributed by atoms with Gasteiger partial charge in [0.25, 0.3) is 0 Å². The van der Waals surface area contributed by atoms with Crippen molar-refractivity contribution in [1.82, 2.24) is 4.90 Å². The van der Waals surface area contributed by atoms with E-state index in [0.29, 0.717) is 6.04 Å². The summed E-state index contributed by atoms with van der Waals surface area (Å²) < 4.78 is 0. The van der Waals surface area contributed by atoms with Crippen molar-refractivity contribution in [3.8, 4) is 0 Å². The highest BCUT2D eigenvalue weighted by Gasteiger charge is 2.32. The number of benzene rings is 1. The second-order valence-corrected chi connectivity index (χ2v) is 5.73. The van der Waals surface area contributed by atoms with Gasteiger partial charge in [-0.1, -0.05) is 44.2 Å². The summed E-state index contributed by atoms with van der Waals surface area (Å²) in [5.74, 6) is 0. The fourth-order valence-corrected chi connectivity index (χ4v) is 2.13. The molecule has 0 N–H and O–H groups in total. The van der Waals surface area contributed by atoms with Crippen LogP contribution in [-0.4, -0.2) is 23.8 Å². The molecule has 1 aromatic rings. The van der Waals surface area contributed by atoms with Gasteiger partial charge in [0, 0.05) is 24.5 Å². The molecule has 0 aliphatic heterocycles. The van der Waals surface area contributed by atoms with Gasteiger partial charge in [0.15, 0.2) is 0 Å². The lowest BCUT2D eigenvalue weighted by Crippen LogP contribution is -2.36. The van der Waals surface area contributed by atoms with Crippen LogP contribution in [0.15, 0.2) is 30.3 Å². The average molecular weight is 231 g/mol. The predicted molar refractivity (Wildman–Crippen MR) is 69.7 cm³/mol. The zero-order valence-corrected chi connectivity index (χ0v) is 10.7. The Balaban J connectivity index is 2.01. The van der Waals surface area contributed by atoms with E-state index < -0.39 is 0 Å². The van der Waals surface area contributed by atoms with E-state index in [1.54, 1.807) is 0 Å². The summed E-state index contributed by atoms with van der Waals surface area (Å²) in [4.78, 5) is 13.5. The van der Waals surface area contributed by atoms with Crippen LogP contribution in [0, 0.1) is 5.41 Å². The predicted octanol–water partition coefficient (Wildman–Crippen LogP) is 2.88. The van der Waals surface area contributed by atoms with Gasteiger partial charge in [-0.3, -0.25) is 4.90 Å². The first-order chi connectivity index (χ1) is 8.11. The Bertz CT molecular complexity index is 368. The Hall–Kier alpha value is -1.15. The Kier molecular flexibility index (Phi) is 3.63. The van der Waals surface area contributed by atoms with Crippen molar-refractivity contribution >= 4 is 6.29 Å². The molecular formula is C15H21NO. The molecule has 0 atom stereocenters. The van der Waals surface area contributed by atoms with Gasteiger partial charge < -0.3 is 4.79 Å². The van der Waals surface area contributed by atoms with Gasteiger partial charge in [-0.2, -0.15) is 0 Å². The van der Waals surface area contributed by atoms with Crippen LogP contribution in [0.2, 0.25) is 0 Å². The lowest BCUT2D eigenvalue weighted by molar-refractivity contribution is -0.115. The molecular weight excluding hydrogens is 210 g/mol. The van der Waals surface area contributed by atoms with Gasteiger partial charge in [-0.25, -0.2) is 0 Å². The minimum Gasteiger partial charge on any atom is -0.303 e. The first-order valence-corrected chi connectivity index (χ1v) is 6.35. The molecule has 0 saturated heterocycles. The number of hydrogen-bond donors (Lipinski definition) is 0. The average Bonchev–Trinajstić information content (AvgIpc) is 3.13. The molecule has 2 heteroatoms. The van der Waals surface area contributed by atoms with Crippen LogP contribution in [0.5, 0.6) is 0 Å². The molecule has 1 aromatic carbocycles. The highest BCUT2D eigenvalue weighted by Crippen LogP contribution is 2.30. The zero-order valence-electron chi connectivity index (χ0n) is 10.7. The van der Waals surface area contributed by atoms with E-state index in [4.69, 9.17) is 0 Å². The molecule has 92 valence electrons. The van der Waals surface area contributed by atoms with Crippen LogP contribution in [0.4, 0.5) is 0 Å². The molecule has 0 unspecified atom stereocenters. The molecule has 2 rings (SSSR count). The summed E-state index contributed by atoms with van der Waals surface area (Å²) in [6.45, 7) is 5.85. The number of carbonyl (C=O) groups excluding carboxylic acids is 1. The van der Waals surface area contributed by atoms with Crippen LogP contribution in [0.1, 0.15) is 32.3 Å². The van der Waals surface area contributed by atoms with Gasteiger partial charge in [0.1, 0.15) is 6.29 Å². The van der Waals surface area contributed by atoms with Crippen molar-refractivity contribution in [3.05, 3.63) is 35.9 Å². The Morgan fingerprint density at radius 2 is 1.94 bits per heavy atom. The van der Waals surface area contributed by atoms with Crippen molar-refractivity contribution in [1.29, 1.82) is 0 Å². The summed E-state index contributed by atoms with van der Waals surface area (Å²) in [5, 5.41) is 0. The van der Waals surface area contributed by atoms with Crippen molar-refractivity contribution in [2.75, 3.05) is 6.54 Å². The van der Waals surface area contributed by atoms with E-state index in [-0.39, 0.29) is 5.41 Å². The molecule has 17 heavy (non-hydrogen) atoms. The van der Waals surface area contributed by atoms with Crippen molar-refractivity contribution in [2.45, 2.75) is 39.3 Å². The fourth-order valence-electron chi connectivity index (χ4n) is 2.13. The van der Waals surface area contributed by atoms with E-state index in [0.717, 1.165) is 19.4 Å². The molecule has 1 aliphatic carbocycles. The third-order valence-electron chi connectivity index (χ3n) is 3.22. The molecule has 1 saturated carbocycles. The monoisotopic (exact) mass is 231 g/mol. The highest BCUT2D eigenvalue weighted by atomic mass is 16.1. The van der Waals surface area contributed by atoms with E-state index >= 15 is 0 Å². The minimum atomic E-state index is -0.239. The second-order valence-electron chi connectivity index (χ2n) is 5.73. The normalized spacial score (nSPS) is 16.2. The van der Waals surface area contributed by atoms with Crippen molar-refractivity contribution in [3.63, 3.8) is 0 Å². The third-order valence-corrected chi connectivity index (χ3v) is 3.22. The van der Waals surface area contributed by atoms with Crippen LogP contribution >= 0.6 is 0 Å². The summed E-state index contributed by atoms with van der Waals surface area (Å²) in [6, 6.07) is 11.2. The molecule has 0 aromatic heterocycles. The van der Waals surface area contributed by atoms with Gasteiger partial charge in [-0.05, 0) is 18.4 Å². The summed E-state index contributed by atoms with van der Waals surface area (Å²) in [5.41, 5.74) is 1.10. The SMILES string of the molecule is CC(C)(C=O)CN(Cc1ccccc1)C1CC1. The quantitative estimate of drug-likeness (QED) is 0.702. The molecule has 1 aliphatic rings. The molecule has 0 radical (unpaired) electrons. The number of hydrogen-bond acceptors (Lipinski definition) is 2. The fraction of sp³-hybridized carbons (Fsp3) is 0.533. The smallest absolute Gasteiger partial charge is 0.126 e. The van der Waals surface area contributed by atoms with E-state index in [1.165, 1.54) is 18.4 Å². The Labute approximate surface area is 104 Å². The summed E-state index contributed by atoms with van der Waals surface area (Å²) in [7, 11) is 0. The summed E-state index contributed by atoms with van der Waals surface area (Å²) in [6.07, 6.45) is 3.64. The number of aldehydes is 1. The molecule has 0 bridgehead atoms. The van der Waals surface area contributed by atoms with Gasteiger partial charge in [0.05, 0.1) is 0 Å².